The molecule has 0 N–H and O–H groups in total. The second kappa shape index (κ2) is 6.99. The lowest BCUT2D eigenvalue weighted by Gasteiger charge is -2.30. The lowest BCUT2D eigenvalue weighted by Crippen LogP contribution is -2.38. The average molecular weight is 362 g/mol. The summed E-state index contributed by atoms with van der Waals surface area (Å²) in [4.78, 5) is 41.3. The highest BCUT2D eigenvalue weighted by Crippen LogP contribution is 2.27. The molecule has 0 spiro atoms. The summed E-state index contributed by atoms with van der Waals surface area (Å²) < 4.78 is 0. The van der Waals surface area contributed by atoms with Crippen molar-refractivity contribution in [2.45, 2.75) is 26.3 Å². The van der Waals surface area contributed by atoms with E-state index in [0.29, 0.717) is 22.6 Å². The Balaban J connectivity index is 1.56. The van der Waals surface area contributed by atoms with Crippen LogP contribution in [0.15, 0.2) is 48.5 Å². The summed E-state index contributed by atoms with van der Waals surface area (Å²) in [5, 5.41) is 0. The molecule has 0 radical (unpaired) electrons. The van der Waals surface area contributed by atoms with Crippen LogP contribution < -0.4 is 0 Å². The van der Waals surface area contributed by atoms with Crippen LogP contribution >= 0.6 is 0 Å². The Morgan fingerprint density at radius 3 is 2.33 bits per heavy atom. The zero-order valence-corrected chi connectivity index (χ0v) is 15.4. The number of carbonyl (C=O) groups excluding carboxylic acids is 3. The maximum absolute atomic E-state index is 12.8. The lowest BCUT2D eigenvalue weighted by atomic mass is 9.98. The first kappa shape index (κ1) is 17.5. The van der Waals surface area contributed by atoms with Crippen molar-refractivity contribution in [2.24, 2.45) is 5.92 Å². The molecule has 0 saturated carbocycles. The second-order valence-electron chi connectivity index (χ2n) is 7.42. The normalized spacial score (nSPS) is 17.4. The van der Waals surface area contributed by atoms with Gasteiger partial charge in [0.1, 0.15) is 0 Å². The van der Waals surface area contributed by atoms with Crippen molar-refractivity contribution in [1.82, 2.24) is 9.80 Å². The Kier molecular flexibility index (Phi) is 4.52. The average Bonchev–Trinajstić information content (AvgIpc) is 2.93. The molecule has 138 valence electrons. The van der Waals surface area contributed by atoms with Crippen molar-refractivity contribution in [3.63, 3.8) is 0 Å². The van der Waals surface area contributed by atoms with E-state index in [4.69, 9.17) is 0 Å². The minimum Gasteiger partial charge on any atom is -0.339 e. The van der Waals surface area contributed by atoms with Gasteiger partial charge in [-0.3, -0.25) is 19.3 Å². The molecule has 1 fully saturated rings. The molecule has 2 aliphatic heterocycles. The van der Waals surface area contributed by atoms with Gasteiger partial charge in [0.05, 0.1) is 17.7 Å². The molecule has 0 aromatic heterocycles. The van der Waals surface area contributed by atoms with E-state index >= 15 is 0 Å². The first-order chi connectivity index (χ1) is 13.0. The number of rotatable bonds is 3. The second-order valence-corrected chi connectivity index (χ2v) is 7.42. The molecule has 1 saturated heterocycles. The number of hydrogen-bond acceptors (Lipinski definition) is 3. The number of amides is 3. The molecule has 0 aliphatic carbocycles. The van der Waals surface area contributed by atoms with Crippen LogP contribution in [0, 0.1) is 5.92 Å². The summed E-state index contributed by atoms with van der Waals surface area (Å²) >= 11 is 0. The van der Waals surface area contributed by atoms with Crippen molar-refractivity contribution in [3.05, 3.63) is 70.8 Å². The van der Waals surface area contributed by atoms with Gasteiger partial charge in [-0.15, -0.1) is 0 Å². The summed E-state index contributed by atoms with van der Waals surface area (Å²) in [5.41, 5.74) is 2.07. The highest BCUT2D eigenvalue weighted by Gasteiger charge is 2.36. The molecule has 0 atom stereocenters. The van der Waals surface area contributed by atoms with Crippen LogP contribution in [-0.2, 0) is 6.54 Å². The molecule has 2 aromatic carbocycles. The van der Waals surface area contributed by atoms with Gasteiger partial charge in [0.25, 0.3) is 17.7 Å². The standard InChI is InChI=1S/C22H22N2O3/c1-15-9-11-23(12-10-15)20(25)17-7-8-18-19(13-17)22(27)24(21(18)26)14-16-5-3-2-4-6-16/h2-8,13,15H,9-12,14H2,1H3. The van der Waals surface area contributed by atoms with Crippen molar-refractivity contribution >= 4 is 17.7 Å². The largest absolute Gasteiger partial charge is 0.339 e. The van der Waals surface area contributed by atoms with Gasteiger partial charge in [0, 0.05) is 18.7 Å². The van der Waals surface area contributed by atoms with Crippen LogP contribution in [0.25, 0.3) is 0 Å². The number of nitrogens with zero attached hydrogens (tertiary/aromatic N) is 2. The molecule has 0 unspecified atom stereocenters. The van der Waals surface area contributed by atoms with E-state index in [1.807, 2.05) is 35.2 Å². The molecule has 3 amide bonds. The molecule has 0 bridgehead atoms. The van der Waals surface area contributed by atoms with Crippen LogP contribution in [0.3, 0.4) is 0 Å². The fourth-order valence-corrected chi connectivity index (χ4v) is 3.73. The van der Waals surface area contributed by atoms with E-state index in [9.17, 15) is 14.4 Å². The molecule has 5 nitrogen and oxygen atoms in total. The van der Waals surface area contributed by atoms with Crippen molar-refractivity contribution < 1.29 is 14.4 Å². The summed E-state index contributed by atoms with van der Waals surface area (Å²) in [7, 11) is 0. The molecular weight excluding hydrogens is 340 g/mol. The minimum atomic E-state index is -0.333. The van der Waals surface area contributed by atoms with Crippen LogP contribution in [0.2, 0.25) is 0 Å². The molecule has 2 heterocycles. The van der Waals surface area contributed by atoms with Crippen LogP contribution in [0.5, 0.6) is 0 Å². The SMILES string of the molecule is CC1CCN(C(=O)c2ccc3c(c2)C(=O)N(Cc2ccccc2)C3=O)CC1. The van der Waals surface area contributed by atoms with Gasteiger partial charge in [-0.25, -0.2) is 0 Å². The van der Waals surface area contributed by atoms with E-state index < -0.39 is 0 Å². The maximum Gasteiger partial charge on any atom is 0.261 e. The summed E-state index contributed by atoms with van der Waals surface area (Å²) in [6.45, 7) is 3.91. The Bertz CT molecular complexity index is 899. The third kappa shape index (κ3) is 3.25. The van der Waals surface area contributed by atoms with E-state index in [0.717, 1.165) is 31.5 Å². The Morgan fingerprint density at radius 1 is 0.963 bits per heavy atom. The smallest absolute Gasteiger partial charge is 0.261 e. The number of hydrogen-bond donors (Lipinski definition) is 0. The molecule has 5 heteroatoms. The fourth-order valence-electron chi connectivity index (χ4n) is 3.73. The molecule has 27 heavy (non-hydrogen) atoms. The quantitative estimate of drug-likeness (QED) is 0.787. The molecule has 2 aliphatic rings. The lowest BCUT2D eigenvalue weighted by molar-refractivity contribution is 0.0641. The van der Waals surface area contributed by atoms with Gasteiger partial charge in [0.2, 0.25) is 0 Å². The highest BCUT2D eigenvalue weighted by atomic mass is 16.2. The Morgan fingerprint density at radius 2 is 1.63 bits per heavy atom. The van der Waals surface area contributed by atoms with E-state index in [2.05, 4.69) is 6.92 Å². The zero-order chi connectivity index (χ0) is 19.0. The predicted molar refractivity (Wildman–Crippen MR) is 101 cm³/mol. The number of carbonyl (C=O) groups is 3. The first-order valence-corrected chi connectivity index (χ1v) is 9.38. The van der Waals surface area contributed by atoms with Crippen molar-refractivity contribution in [3.8, 4) is 0 Å². The summed E-state index contributed by atoms with van der Waals surface area (Å²) in [5.74, 6) is -0.0586. The third-order valence-corrected chi connectivity index (χ3v) is 5.47. The first-order valence-electron chi connectivity index (χ1n) is 9.38. The third-order valence-electron chi connectivity index (χ3n) is 5.47. The molecule has 4 rings (SSSR count). The monoisotopic (exact) mass is 362 g/mol. The number of imide groups is 1. The van der Waals surface area contributed by atoms with Crippen LogP contribution in [0.1, 0.15) is 56.4 Å². The van der Waals surface area contributed by atoms with E-state index in [-0.39, 0.29) is 24.3 Å². The summed E-state index contributed by atoms with van der Waals surface area (Å²) in [6, 6.07) is 14.3. The zero-order valence-electron chi connectivity index (χ0n) is 15.4. The van der Waals surface area contributed by atoms with Gasteiger partial charge in [-0.1, -0.05) is 37.3 Å². The van der Waals surface area contributed by atoms with Gasteiger partial charge < -0.3 is 4.90 Å². The van der Waals surface area contributed by atoms with Crippen LogP contribution in [-0.4, -0.2) is 40.6 Å². The van der Waals surface area contributed by atoms with Crippen molar-refractivity contribution in [1.29, 1.82) is 0 Å². The summed E-state index contributed by atoms with van der Waals surface area (Å²) in [6.07, 6.45) is 2.00. The fraction of sp³-hybridized carbons (Fsp3) is 0.318. The van der Waals surface area contributed by atoms with Crippen LogP contribution in [0.4, 0.5) is 0 Å². The Labute approximate surface area is 158 Å². The minimum absolute atomic E-state index is 0.0635. The van der Waals surface area contributed by atoms with Gasteiger partial charge >= 0.3 is 0 Å². The van der Waals surface area contributed by atoms with Gasteiger partial charge in [-0.2, -0.15) is 0 Å². The molecule has 2 aromatic rings. The Hall–Kier alpha value is -2.95. The van der Waals surface area contributed by atoms with E-state index in [1.54, 1.807) is 18.2 Å². The van der Waals surface area contributed by atoms with Gasteiger partial charge in [0.15, 0.2) is 0 Å². The number of likely N-dealkylation sites (tertiary alicyclic amines) is 1. The van der Waals surface area contributed by atoms with Crippen molar-refractivity contribution in [2.75, 3.05) is 13.1 Å². The number of fused-ring (bicyclic) bond motifs is 1. The number of piperidine rings is 1. The number of benzene rings is 2. The van der Waals surface area contributed by atoms with Gasteiger partial charge in [-0.05, 0) is 42.5 Å². The highest BCUT2D eigenvalue weighted by molar-refractivity contribution is 6.22. The topological polar surface area (TPSA) is 57.7 Å². The van der Waals surface area contributed by atoms with E-state index in [1.165, 1.54) is 4.90 Å². The molecular formula is C22H22N2O3. The predicted octanol–water partition coefficient (Wildman–Crippen LogP) is 3.35. The maximum atomic E-state index is 12.8.